The number of hydrogen-bond donors (Lipinski definition) is 3. The van der Waals surface area contributed by atoms with Gasteiger partial charge in [0.25, 0.3) is 0 Å². The maximum absolute atomic E-state index is 13.3. The van der Waals surface area contributed by atoms with Gasteiger partial charge in [0.1, 0.15) is 17.8 Å². The van der Waals surface area contributed by atoms with E-state index in [-0.39, 0.29) is 10.9 Å². The van der Waals surface area contributed by atoms with E-state index in [4.69, 9.17) is 4.74 Å². The first-order valence-corrected chi connectivity index (χ1v) is 14.4. The van der Waals surface area contributed by atoms with Crippen molar-refractivity contribution in [3.8, 4) is 22.3 Å². The number of nitrogens with zero attached hydrogens (tertiary/aromatic N) is 3. The number of aromatic nitrogens is 4. The maximum Gasteiger partial charge on any atom is 0.243 e. The van der Waals surface area contributed by atoms with Gasteiger partial charge in [0.15, 0.2) is 0 Å². The third-order valence-electron chi connectivity index (χ3n) is 7.08. The van der Waals surface area contributed by atoms with E-state index >= 15 is 0 Å². The number of fused-ring (bicyclic) bond motifs is 1. The predicted molar refractivity (Wildman–Crippen MR) is 152 cm³/mol. The Morgan fingerprint density at radius 2 is 1.74 bits per heavy atom. The van der Waals surface area contributed by atoms with E-state index in [1.54, 1.807) is 18.2 Å². The lowest BCUT2D eigenvalue weighted by molar-refractivity contribution is 0.0730. The molecule has 10 heteroatoms. The summed E-state index contributed by atoms with van der Waals surface area (Å²) in [5, 5.41) is 4.38. The summed E-state index contributed by atoms with van der Waals surface area (Å²) in [5.41, 5.74) is 6.66. The van der Waals surface area contributed by atoms with Crippen molar-refractivity contribution in [3.05, 3.63) is 84.6 Å². The van der Waals surface area contributed by atoms with E-state index in [9.17, 15) is 8.42 Å². The largest absolute Gasteiger partial charge is 0.379 e. The minimum Gasteiger partial charge on any atom is -0.379 e. The van der Waals surface area contributed by atoms with Crippen LogP contribution in [0.25, 0.3) is 33.3 Å². The Bertz CT molecular complexity index is 1720. The van der Waals surface area contributed by atoms with Crippen LogP contribution in [0.5, 0.6) is 0 Å². The van der Waals surface area contributed by atoms with Gasteiger partial charge in [-0.2, -0.15) is 4.31 Å². The molecule has 9 nitrogen and oxygen atoms in total. The number of H-pyrrole nitrogens is 2. The SMILES string of the molecule is Cc1cc(-c2ccccc2)c(C(C)Nc2ncnc3[nH]cc(-c4cccc(S(=O)(=O)N5CCOCC5)c4)c23)[nH]1. The Kier molecular flexibility index (Phi) is 6.68. The van der Waals surface area contributed by atoms with Crippen molar-refractivity contribution in [2.45, 2.75) is 24.8 Å². The lowest BCUT2D eigenvalue weighted by Gasteiger charge is -2.26. The third-order valence-corrected chi connectivity index (χ3v) is 8.97. The fourth-order valence-corrected chi connectivity index (χ4v) is 6.60. The number of rotatable bonds is 7. The molecule has 200 valence electrons. The highest BCUT2D eigenvalue weighted by Gasteiger charge is 2.27. The average molecular weight is 543 g/mol. The number of aromatic amines is 2. The molecule has 39 heavy (non-hydrogen) atoms. The summed E-state index contributed by atoms with van der Waals surface area (Å²) < 4.78 is 33.4. The zero-order valence-electron chi connectivity index (χ0n) is 21.8. The lowest BCUT2D eigenvalue weighted by Crippen LogP contribution is -2.40. The van der Waals surface area contributed by atoms with E-state index < -0.39 is 10.0 Å². The highest BCUT2D eigenvalue weighted by atomic mass is 32.2. The van der Waals surface area contributed by atoms with Crippen molar-refractivity contribution < 1.29 is 13.2 Å². The first-order valence-electron chi connectivity index (χ1n) is 12.9. The van der Waals surface area contributed by atoms with Gasteiger partial charge in [-0.05, 0) is 43.2 Å². The Morgan fingerprint density at radius 1 is 0.974 bits per heavy atom. The molecule has 1 aliphatic heterocycles. The molecule has 5 aromatic rings. The molecule has 1 aliphatic rings. The second-order valence-corrected chi connectivity index (χ2v) is 11.6. The molecule has 0 bridgehead atoms. The molecule has 6 rings (SSSR count). The molecular formula is C29H30N6O3S. The number of benzene rings is 2. The number of anilines is 1. The van der Waals surface area contributed by atoms with Crippen LogP contribution in [0, 0.1) is 6.92 Å². The zero-order valence-corrected chi connectivity index (χ0v) is 22.6. The van der Waals surface area contributed by atoms with Gasteiger partial charge < -0.3 is 20.0 Å². The van der Waals surface area contributed by atoms with Crippen molar-refractivity contribution >= 4 is 26.9 Å². The molecule has 2 aromatic carbocycles. The van der Waals surface area contributed by atoms with Gasteiger partial charge in [-0.15, -0.1) is 0 Å². The minimum absolute atomic E-state index is 0.0946. The molecule has 0 spiro atoms. The Balaban J connectivity index is 1.36. The number of morpholine rings is 1. The van der Waals surface area contributed by atoms with Gasteiger partial charge in [-0.3, -0.25) is 0 Å². The maximum atomic E-state index is 13.3. The lowest BCUT2D eigenvalue weighted by atomic mass is 10.0. The number of hydrogen-bond acceptors (Lipinski definition) is 6. The van der Waals surface area contributed by atoms with E-state index in [1.807, 2.05) is 37.4 Å². The van der Waals surface area contributed by atoms with Crippen LogP contribution in [0.15, 0.2) is 78.1 Å². The first-order chi connectivity index (χ1) is 18.9. The average Bonchev–Trinajstić information content (AvgIpc) is 3.59. The fourth-order valence-electron chi connectivity index (χ4n) is 5.15. The summed E-state index contributed by atoms with van der Waals surface area (Å²) in [6.45, 7) is 5.64. The quantitative estimate of drug-likeness (QED) is 0.263. The molecule has 0 aliphatic carbocycles. The van der Waals surface area contributed by atoms with Crippen LogP contribution < -0.4 is 5.32 Å². The van der Waals surface area contributed by atoms with Crippen LogP contribution in [0.2, 0.25) is 0 Å². The van der Waals surface area contributed by atoms with E-state index in [1.165, 1.54) is 10.6 Å². The second kappa shape index (κ2) is 10.3. The molecule has 1 fully saturated rings. The first kappa shape index (κ1) is 25.3. The number of nitrogens with one attached hydrogen (secondary N) is 3. The molecular weight excluding hydrogens is 512 g/mol. The van der Waals surface area contributed by atoms with Gasteiger partial charge in [0.2, 0.25) is 10.0 Å². The minimum atomic E-state index is -3.63. The third kappa shape index (κ3) is 4.82. The summed E-state index contributed by atoms with van der Waals surface area (Å²) in [7, 11) is -3.63. The van der Waals surface area contributed by atoms with Crippen LogP contribution in [-0.2, 0) is 14.8 Å². The smallest absolute Gasteiger partial charge is 0.243 e. The summed E-state index contributed by atoms with van der Waals surface area (Å²) in [4.78, 5) is 16.0. The van der Waals surface area contributed by atoms with Crippen LogP contribution >= 0.6 is 0 Å². The van der Waals surface area contributed by atoms with Crippen LogP contribution in [0.4, 0.5) is 5.82 Å². The highest BCUT2D eigenvalue weighted by molar-refractivity contribution is 7.89. The van der Waals surface area contributed by atoms with Crippen LogP contribution in [-0.4, -0.2) is 59.0 Å². The molecule has 1 saturated heterocycles. The molecule has 0 amide bonds. The van der Waals surface area contributed by atoms with Gasteiger partial charge in [0, 0.05) is 41.8 Å². The molecule has 0 saturated carbocycles. The summed E-state index contributed by atoms with van der Waals surface area (Å²) >= 11 is 0. The van der Waals surface area contributed by atoms with Gasteiger partial charge >= 0.3 is 0 Å². The number of ether oxygens (including phenoxy) is 1. The number of aryl methyl sites for hydroxylation is 1. The summed E-state index contributed by atoms with van der Waals surface area (Å²) in [6, 6.07) is 19.4. The van der Waals surface area contributed by atoms with E-state index in [2.05, 4.69) is 50.4 Å². The Hall–Kier alpha value is -3.99. The van der Waals surface area contributed by atoms with Gasteiger partial charge in [0.05, 0.1) is 29.5 Å². The molecule has 3 aromatic heterocycles. The standard InChI is InChI=1S/C29H30N6O3S/c1-19-15-24(21-7-4-3-5-8-21)27(33-19)20(2)34-29-26-25(17-30-28(26)31-18-32-29)22-9-6-10-23(16-22)39(36,37)35-11-13-38-14-12-35/h3-10,15-18,20,33H,11-14H2,1-2H3,(H2,30,31,32,34). The summed E-state index contributed by atoms with van der Waals surface area (Å²) in [6.07, 6.45) is 3.37. The normalized spacial score (nSPS) is 15.4. The summed E-state index contributed by atoms with van der Waals surface area (Å²) in [5.74, 6) is 0.663. The van der Waals surface area contributed by atoms with Gasteiger partial charge in [-0.1, -0.05) is 42.5 Å². The number of sulfonamides is 1. The van der Waals surface area contributed by atoms with Crippen molar-refractivity contribution in [1.29, 1.82) is 0 Å². The molecule has 3 N–H and O–H groups in total. The Labute approximate surface area is 227 Å². The van der Waals surface area contributed by atoms with Crippen molar-refractivity contribution in [3.63, 3.8) is 0 Å². The van der Waals surface area contributed by atoms with Crippen molar-refractivity contribution in [2.24, 2.45) is 0 Å². The van der Waals surface area contributed by atoms with Crippen LogP contribution in [0.3, 0.4) is 0 Å². The zero-order chi connectivity index (χ0) is 27.0. The molecule has 4 heterocycles. The second-order valence-electron chi connectivity index (χ2n) is 9.70. The van der Waals surface area contributed by atoms with E-state index in [0.717, 1.165) is 39.0 Å². The van der Waals surface area contributed by atoms with Gasteiger partial charge in [-0.25, -0.2) is 18.4 Å². The Morgan fingerprint density at radius 3 is 2.54 bits per heavy atom. The van der Waals surface area contributed by atoms with Crippen molar-refractivity contribution in [1.82, 2.24) is 24.2 Å². The monoisotopic (exact) mass is 542 g/mol. The van der Waals surface area contributed by atoms with Crippen LogP contribution in [0.1, 0.15) is 24.4 Å². The highest BCUT2D eigenvalue weighted by Crippen LogP contribution is 2.36. The predicted octanol–water partition coefficient (Wildman–Crippen LogP) is 5.12. The molecule has 1 unspecified atom stereocenters. The fraction of sp³-hybridized carbons (Fsp3) is 0.241. The van der Waals surface area contributed by atoms with E-state index in [0.29, 0.717) is 37.8 Å². The molecule has 1 atom stereocenters. The van der Waals surface area contributed by atoms with Crippen molar-refractivity contribution in [2.75, 3.05) is 31.6 Å². The molecule has 0 radical (unpaired) electrons. The topological polar surface area (TPSA) is 116 Å².